The Morgan fingerprint density at radius 3 is 2.50 bits per heavy atom. The first-order chi connectivity index (χ1) is 9.63. The van der Waals surface area contributed by atoms with Crippen LogP contribution < -0.4 is 4.74 Å². The average molecular weight is 330 g/mol. The van der Waals surface area contributed by atoms with Gasteiger partial charge in [0.15, 0.2) is 0 Å². The van der Waals surface area contributed by atoms with Crippen molar-refractivity contribution in [3.63, 3.8) is 0 Å². The van der Waals surface area contributed by atoms with Gasteiger partial charge >= 0.3 is 0 Å². The van der Waals surface area contributed by atoms with Gasteiger partial charge in [0, 0.05) is 4.47 Å². The number of nitrogens with zero attached hydrogens (tertiary/aromatic N) is 1. The third kappa shape index (κ3) is 3.40. The van der Waals surface area contributed by atoms with Crippen LogP contribution in [0.2, 0.25) is 0 Å². The number of benzene rings is 2. The molecule has 0 radical (unpaired) electrons. The first kappa shape index (κ1) is 14.6. The molecule has 0 saturated heterocycles. The van der Waals surface area contributed by atoms with Crippen LogP contribution in [0, 0.1) is 11.3 Å². The summed E-state index contributed by atoms with van der Waals surface area (Å²) in [6.45, 7) is 4.38. The molecule has 102 valence electrons. The van der Waals surface area contributed by atoms with Crippen molar-refractivity contribution in [3.05, 3.63) is 58.1 Å². The minimum absolute atomic E-state index is 0.519. The van der Waals surface area contributed by atoms with Gasteiger partial charge in [-0.1, -0.05) is 41.9 Å². The van der Waals surface area contributed by atoms with E-state index in [1.807, 2.05) is 18.2 Å². The second kappa shape index (κ2) is 6.58. The lowest BCUT2D eigenvalue weighted by molar-refractivity contribution is 0.480. The van der Waals surface area contributed by atoms with Crippen LogP contribution in [0.4, 0.5) is 0 Å². The topological polar surface area (TPSA) is 33.0 Å². The Bertz CT molecular complexity index is 628. The van der Waals surface area contributed by atoms with Gasteiger partial charge in [0.05, 0.1) is 5.56 Å². The fourth-order valence-electron chi connectivity index (χ4n) is 1.91. The predicted molar refractivity (Wildman–Crippen MR) is 84.1 cm³/mol. The maximum absolute atomic E-state index is 9.12. The third-order valence-corrected chi connectivity index (χ3v) is 3.84. The van der Waals surface area contributed by atoms with E-state index in [2.05, 4.69) is 48.0 Å². The van der Waals surface area contributed by atoms with Crippen LogP contribution in [0.3, 0.4) is 0 Å². The Morgan fingerprint density at radius 2 is 1.90 bits per heavy atom. The van der Waals surface area contributed by atoms with Gasteiger partial charge in [-0.3, -0.25) is 0 Å². The van der Waals surface area contributed by atoms with E-state index >= 15 is 0 Å². The molecule has 3 heteroatoms. The number of hydrogen-bond acceptors (Lipinski definition) is 2. The highest BCUT2D eigenvalue weighted by molar-refractivity contribution is 9.10. The van der Waals surface area contributed by atoms with E-state index in [1.54, 1.807) is 12.1 Å². The molecule has 0 aliphatic heterocycles. The zero-order valence-corrected chi connectivity index (χ0v) is 13.1. The molecule has 20 heavy (non-hydrogen) atoms. The minimum atomic E-state index is 0.519. The van der Waals surface area contributed by atoms with Crippen LogP contribution in [0.5, 0.6) is 11.5 Å². The molecule has 0 bridgehead atoms. The van der Waals surface area contributed by atoms with E-state index in [4.69, 9.17) is 10.00 Å². The molecule has 2 aromatic carbocycles. The molecule has 0 saturated carbocycles. The zero-order valence-electron chi connectivity index (χ0n) is 11.6. The van der Waals surface area contributed by atoms with Crippen LogP contribution in [0.1, 0.15) is 37.3 Å². The van der Waals surface area contributed by atoms with Crippen LogP contribution in [-0.2, 0) is 0 Å². The van der Waals surface area contributed by atoms with E-state index in [0.29, 0.717) is 17.2 Å². The smallest absolute Gasteiger partial charge is 0.145 e. The lowest BCUT2D eigenvalue weighted by atomic mass is 9.99. The molecular formula is C17H16BrNO. The Balaban J connectivity index is 2.21. The zero-order chi connectivity index (χ0) is 14.5. The second-order valence-corrected chi connectivity index (χ2v) is 5.65. The average Bonchev–Trinajstić information content (AvgIpc) is 2.49. The quantitative estimate of drug-likeness (QED) is 0.728. The monoisotopic (exact) mass is 329 g/mol. The molecule has 0 aromatic heterocycles. The molecule has 2 nitrogen and oxygen atoms in total. The fourth-order valence-corrected chi connectivity index (χ4v) is 2.27. The van der Waals surface area contributed by atoms with E-state index < -0.39 is 0 Å². The summed E-state index contributed by atoms with van der Waals surface area (Å²) < 4.78 is 6.65. The van der Waals surface area contributed by atoms with E-state index in [1.165, 1.54) is 5.56 Å². The number of nitriles is 1. The molecule has 2 aromatic rings. The molecule has 0 heterocycles. The normalized spacial score (nSPS) is 11.7. The van der Waals surface area contributed by atoms with E-state index in [0.717, 1.165) is 16.6 Å². The predicted octanol–water partition coefficient (Wildman–Crippen LogP) is 5.63. The molecule has 1 atom stereocenters. The molecule has 1 unspecified atom stereocenters. The van der Waals surface area contributed by atoms with Crippen molar-refractivity contribution in [2.24, 2.45) is 0 Å². The van der Waals surface area contributed by atoms with Crippen LogP contribution in [-0.4, -0.2) is 0 Å². The maximum atomic E-state index is 9.12. The SMILES string of the molecule is CCC(C)c1ccc(Oc2ccc(Br)cc2C#N)cc1. The minimum Gasteiger partial charge on any atom is -0.456 e. The fraction of sp³-hybridized carbons (Fsp3) is 0.235. The van der Waals surface area contributed by atoms with Crippen LogP contribution >= 0.6 is 15.9 Å². The third-order valence-electron chi connectivity index (χ3n) is 3.35. The van der Waals surface area contributed by atoms with Gasteiger partial charge in [-0.25, -0.2) is 0 Å². The molecule has 2 rings (SSSR count). The van der Waals surface area contributed by atoms with Crippen LogP contribution in [0.15, 0.2) is 46.9 Å². The number of hydrogen-bond donors (Lipinski definition) is 0. The number of rotatable bonds is 4. The van der Waals surface area contributed by atoms with Crippen molar-refractivity contribution in [2.45, 2.75) is 26.2 Å². The van der Waals surface area contributed by atoms with Crippen LogP contribution in [0.25, 0.3) is 0 Å². The summed E-state index contributed by atoms with van der Waals surface area (Å²) in [5, 5.41) is 9.12. The van der Waals surface area contributed by atoms with Gasteiger partial charge in [-0.05, 0) is 48.2 Å². The maximum Gasteiger partial charge on any atom is 0.145 e. The first-order valence-electron chi connectivity index (χ1n) is 6.61. The Labute approximate surface area is 128 Å². The first-order valence-corrected chi connectivity index (χ1v) is 7.40. The summed E-state index contributed by atoms with van der Waals surface area (Å²) in [7, 11) is 0. The Morgan fingerprint density at radius 1 is 1.20 bits per heavy atom. The van der Waals surface area contributed by atoms with Crippen molar-refractivity contribution in [2.75, 3.05) is 0 Å². The van der Waals surface area contributed by atoms with Crippen molar-refractivity contribution in [1.82, 2.24) is 0 Å². The lowest BCUT2D eigenvalue weighted by Gasteiger charge is -2.11. The van der Waals surface area contributed by atoms with E-state index in [9.17, 15) is 0 Å². The van der Waals surface area contributed by atoms with Crippen molar-refractivity contribution < 1.29 is 4.74 Å². The van der Waals surface area contributed by atoms with Crippen molar-refractivity contribution in [3.8, 4) is 17.6 Å². The van der Waals surface area contributed by atoms with Gasteiger partial charge in [0.1, 0.15) is 17.6 Å². The summed E-state index contributed by atoms with van der Waals surface area (Å²) in [4.78, 5) is 0. The molecule has 0 spiro atoms. The summed E-state index contributed by atoms with van der Waals surface area (Å²) in [5.41, 5.74) is 1.82. The summed E-state index contributed by atoms with van der Waals surface area (Å²) in [5.74, 6) is 1.87. The molecule has 0 aliphatic rings. The number of ether oxygens (including phenoxy) is 1. The van der Waals surface area contributed by atoms with Gasteiger partial charge in [0.25, 0.3) is 0 Å². The number of halogens is 1. The summed E-state index contributed by atoms with van der Waals surface area (Å²) in [6, 6.07) is 15.6. The van der Waals surface area contributed by atoms with Crippen molar-refractivity contribution in [1.29, 1.82) is 5.26 Å². The summed E-state index contributed by atoms with van der Waals surface area (Å²) >= 11 is 3.35. The van der Waals surface area contributed by atoms with Crippen molar-refractivity contribution >= 4 is 15.9 Å². The molecule has 0 fully saturated rings. The van der Waals surface area contributed by atoms with Gasteiger partial charge in [-0.2, -0.15) is 5.26 Å². The van der Waals surface area contributed by atoms with Gasteiger partial charge in [0.2, 0.25) is 0 Å². The molecular weight excluding hydrogens is 314 g/mol. The largest absolute Gasteiger partial charge is 0.456 e. The highest BCUT2D eigenvalue weighted by Gasteiger charge is 2.07. The van der Waals surface area contributed by atoms with Gasteiger partial charge < -0.3 is 4.74 Å². The molecule has 0 amide bonds. The summed E-state index contributed by atoms with van der Waals surface area (Å²) in [6.07, 6.45) is 1.12. The highest BCUT2D eigenvalue weighted by atomic mass is 79.9. The lowest BCUT2D eigenvalue weighted by Crippen LogP contribution is -1.92. The second-order valence-electron chi connectivity index (χ2n) is 4.73. The van der Waals surface area contributed by atoms with E-state index in [-0.39, 0.29) is 0 Å². The Hall–Kier alpha value is -1.79. The molecule has 0 aliphatic carbocycles. The Kier molecular flexibility index (Phi) is 4.81. The van der Waals surface area contributed by atoms with Gasteiger partial charge in [-0.15, -0.1) is 0 Å². The molecule has 0 N–H and O–H groups in total. The highest BCUT2D eigenvalue weighted by Crippen LogP contribution is 2.29. The standard InChI is InChI=1S/C17H16BrNO/c1-3-12(2)13-4-7-16(8-5-13)20-17-9-6-15(18)10-14(17)11-19/h4-10,12H,3H2,1-2H3.